The Morgan fingerprint density at radius 1 is 1.60 bits per heavy atom. The van der Waals surface area contributed by atoms with E-state index in [2.05, 4.69) is 13.8 Å². The summed E-state index contributed by atoms with van der Waals surface area (Å²) >= 11 is 6.11. The van der Waals surface area contributed by atoms with Crippen molar-refractivity contribution in [3.05, 3.63) is 0 Å². The minimum atomic E-state index is 0.0670. The van der Waals surface area contributed by atoms with Gasteiger partial charge in [-0.05, 0) is 12.8 Å². The van der Waals surface area contributed by atoms with Gasteiger partial charge in [0.15, 0.2) is 0 Å². The molecule has 2 atom stereocenters. The third-order valence-electron chi connectivity index (χ3n) is 2.23. The smallest absolute Gasteiger partial charge is 0.108 e. The van der Waals surface area contributed by atoms with Crippen LogP contribution in [0.25, 0.3) is 0 Å². The van der Waals surface area contributed by atoms with Crippen LogP contribution in [-0.2, 0) is 4.74 Å². The zero-order valence-corrected chi connectivity index (χ0v) is 7.45. The van der Waals surface area contributed by atoms with Crippen molar-refractivity contribution in [1.82, 2.24) is 0 Å². The fraction of sp³-hybridized carbons (Fsp3) is 1.00. The fourth-order valence-corrected chi connectivity index (χ4v) is 1.71. The molecule has 0 aromatic heterocycles. The van der Waals surface area contributed by atoms with Crippen molar-refractivity contribution in [1.29, 1.82) is 0 Å². The second kappa shape index (κ2) is 3.10. The van der Waals surface area contributed by atoms with Crippen LogP contribution in [0.1, 0.15) is 33.1 Å². The van der Waals surface area contributed by atoms with Crippen molar-refractivity contribution in [2.45, 2.75) is 44.1 Å². The SMILES string of the molecule is CCC[C@@H](Cl)[C@]1(CC)CO1. The molecule has 0 amide bonds. The zero-order chi connectivity index (χ0) is 7.61. The van der Waals surface area contributed by atoms with Gasteiger partial charge in [0.2, 0.25) is 0 Å². The molecule has 2 heteroatoms. The highest BCUT2D eigenvalue weighted by Gasteiger charge is 2.48. The van der Waals surface area contributed by atoms with Gasteiger partial charge in [0.05, 0.1) is 12.0 Å². The Kier molecular flexibility index (Phi) is 2.59. The molecule has 0 unspecified atom stereocenters. The summed E-state index contributed by atoms with van der Waals surface area (Å²) in [6, 6.07) is 0. The lowest BCUT2D eigenvalue weighted by atomic mass is 10.00. The largest absolute Gasteiger partial charge is 0.368 e. The second-order valence-corrected chi connectivity index (χ2v) is 3.49. The summed E-state index contributed by atoms with van der Waals surface area (Å²) in [5.41, 5.74) is 0.0670. The van der Waals surface area contributed by atoms with Crippen molar-refractivity contribution >= 4 is 11.6 Å². The average Bonchev–Trinajstić information content (AvgIpc) is 2.68. The van der Waals surface area contributed by atoms with E-state index in [1.54, 1.807) is 0 Å². The van der Waals surface area contributed by atoms with E-state index in [0.29, 0.717) is 0 Å². The Hall–Kier alpha value is 0.250. The molecule has 1 heterocycles. The molecular formula is C8H15ClO. The Labute approximate surface area is 67.7 Å². The minimum absolute atomic E-state index is 0.0670. The van der Waals surface area contributed by atoms with Gasteiger partial charge in [0.25, 0.3) is 0 Å². The molecule has 1 saturated heterocycles. The number of epoxide rings is 1. The lowest BCUT2D eigenvalue weighted by molar-refractivity contribution is 0.280. The van der Waals surface area contributed by atoms with Gasteiger partial charge in [-0.25, -0.2) is 0 Å². The van der Waals surface area contributed by atoms with Crippen LogP contribution in [0.5, 0.6) is 0 Å². The van der Waals surface area contributed by atoms with E-state index in [1.807, 2.05) is 0 Å². The molecule has 60 valence electrons. The lowest BCUT2D eigenvalue weighted by Crippen LogP contribution is -2.23. The first kappa shape index (κ1) is 8.35. The maximum Gasteiger partial charge on any atom is 0.108 e. The first-order valence-corrected chi connectivity index (χ1v) is 4.47. The Morgan fingerprint density at radius 3 is 2.50 bits per heavy atom. The topological polar surface area (TPSA) is 12.5 Å². The monoisotopic (exact) mass is 162 g/mol. The van der Waals surface area contributed by atoms with E-state index in [1.165, 1.54) is 0 Å². The van der Waals surface area contributed by atoms with Gasteiger partial charge in [-0.15, -0.1) is 11.6 Å². The van der Waals surface area contributed by atoms with Crippen molar-refractivity contribution in [3.8, 4) is 0 Å². The Morgan fingerprint density at radius 2 is 2.20 bits per heavy atom. The van der Waals surface area contributed by atoms with Crippen molar-refractivity contribution in [3.63, 3.8) is 0 Å². The second-order valence-electron chi connectivity index (χ2n) is 2.96. The summed E-state index contributed by atoms with van der Waals surface area (Å²) in [7, 11) is 0. The molecule has 1 aliphatic heterocycles. The molecule has 1 nitrogen and oxygen atoms in total. The van der Waals surface area contributed by atoms with E-state index in [-0.39, 0.29) is 11.0 Å². The standard InChI is InChI=1S/C8H15ClO/c1-3-5-7(9)8(4-2)6-10-8/h7H,3-6H2,1-2H3/t7-,8+/m1/s1. The van der Waals surface area contributed by atoms with E-state index in [4.69, 9.17) is 16.3 Å². The highest BCUT2D eigenvalue weighted by Crippen LogP contribution is 2.39. The number of hydrogen-bond donors (Lipinski definition) is 0. The molecular weight excluding hydrogens is 148 g/mol. The first-order chi connectivity index (χ1) is 4.75. The van der Waals surface area contributed by atoms with Gasteiger partial charge in [-0.3, -0.25) is 0 Å². The summed E-state index contributed by atoms with van der Waals surface area (Å²) in [4.78, 5) is 0. The molecule has 1 fully saturated rings. The third kappa shape index (κ3) is 1.46. The zero-order valence-electron chi connectivity index (χ0n) is 6.69. The van der Waals surface area contributed by atoms with Crippen molar-refractivity contribution < 1.29 is 4.74 Å². The van der Waals surface area contributed by atoms with Crippen LogP contribution in [0, 0.1) is 0 Å². The summed E-state index contributed by atoms with van der Waals surface area (Å²) in [5.74, 6) is 0. The van der Waals surface area contributed by atoms with Gasteiger partial charge in [-0.2, -0.15) is 0 Å². The molecule has 0 N–H and O–H groups in total. The quantitative estimate of drug-likeness (QED) is 0.457. The van der Waals surface area contributed by atoms with Crippen molar-refractivity contribution in [2.75, 3.05) is 6.61 Å². The minimum Gasteiger partial charge on any atom is -0.368 e. The number of hydrogen-bond acceptors (Lipinski definition) is 1. The molecule has 0 aliphatic carbocycles. The first-order valence-electron chi connectivity index (χ1n) is 4.03. The lowest BCUT2D eigenvalue weighted by Gasteiger charge is -2.14. The van der Waals surface area contributed by atoms with Crippen LogP contribution in [0.4, 0.5) is 0 Å². The summed E-state index contributed by atoms with van der Waals surface area (Å²) in [6.45, 7) is 5.16. The van der Waals surface area contributed by atoms with Gasteiger partial charge in [-0.1, -0.05) is 20.3 Å². The van der Waals surface area contributed by atoms with Crippen LogP contribution < -0.4 is 0 Å². The molecule has 1 rings (SSSR count). The van der Waals surface area contributed by atoms with Gasteiger partial charge < -0.3 is 4.74 Å². The van der Waals surface area contributed by atoms with E-state index in [0.717, 1.165) is 25.9 Å². The van der Waals surface area contributed by atoms with Crippen LogP contribution in [-0.4, -0.2) is 17.6 Å². The third-order valence-corrected chi connectivity index (χ3v) is 2.84. The van der Waals surface area contributed by atoms with E-state index < -0.39 is 0 Å². The maximum atomic E-state index is 6.11. The molecule has 1 aliphatic rings. The maximum absolute atomic E-state index is 6.11. The number of alkyl halides is 1. The van der Waals surface area contributed by atoms with E-state index >= 15 is 0 Å². The summed E-state index contributed by atoms with van der Waals surface area (Å²) < 4.78 is 5.33. The normalized spacial score (nSPS) is 33.9. The predicted molar refractivity (Wildman–Crippen MR) is 43.5 cm³/mol. The molecule has 0 saturated carbocycles. The van der Waals surface area contributed by atoms with E-state index in [9.17, 15) is 0 Å². The average molecular weight is 163 g/mol. The van der Waals surface area contributed by atoms with Gasteiger partial charge in [0.1, 0.15) is 5.60 Å². The predicted octanol–water partition coefficient (Wildman–Crippen LogP) is 2.57. The van der Waals surface area contributed by atoms with Crippen LogP contribution in [0.3, 0.4) is 0 Å². The summed E-state index contributed by atoms with van der Waals surface area (Å²) in [5, 5.41) is 0.238. The van der Waals surface area contributed by atoms with Gasteiger partial charge in [0, 0.05) is 0 Å². The molecule has 0 radical (unpaired) electrons. The van der Waals surface area contributed by atoms with Gasteiger partial charge >= 0.3 is 0 Å². The summed E-state index contributed by atoms with van der Waals surface area (Å²) in [6.07, 6.45) is 3.29. The highest BCUT2D eigenvalue weighted by atomic mass is 35.5. The molecule has 10 heavy (non-hydrogen) atoms. The molecule has 0 aromatic rings. The molecule has 0 spiro atoms. The number of ether oxygens (including phenoxy) is 1. The molecule has 0 aromatic carbocycles. The van der Waals surface area contributed by atoms with Crippen LogP contribution in [0.2, 0.25) is 0 Å². The van der Waals surface area contributed by atoms with Crippen LogP contribution in [0.15, 0.2) is 0 Å². The fourth-order valence-electron chi connectivity index (χ4n) is 1.22. The van der Waals surface area contributed by atoms with Crippen LogP contribution >= 0.6 is 11.6 Å². The Bertz CT molecular complexity index is 110. The Balaban J connectivity index is 2.32. The van der Waals surface area contributed by atoms with Crippen molar-refractivity contribution in [2.24, 2.45) is 0 Å². The molecule has 0 bridgehead atoms. The highest BCUT2D eigenvalue weighted by molar-refractivity contribution is 6.21. The number of halogens is 1. The number of rotatable bonds is 4.